The Morgan fingerprint density at radius 3 is 2.29 bits per heavy atom. The summed E-state index contributed by atoms with van der Waals surface area (Å²) >= 11 is 0. The molecule has 1 amide bonds. The van der Waals surface area contributed by atoms with Crippen molar-refractivity contribution in [2.24, 2.45) is 5.92 Å². The van der Waals surface area contributed by atoms with Crippen LogP contribution >= 0.6 is 0 Å². The minimum absolute atomic E-state index is 0.0771. The van der Waals surface area contributed by atoms with Crippen molar-refractivity contribution in [3.8, 4) is 0 Å². The molecule has 118 valence electrons. The van der Waals surface area contributed by atoms with Crippen LogP contribution in [0.15, 0.2) is 12.7 Å². The number of esters is 1. The number of aromatic nitrogens is 3. The summed E-state index contributed by atoms with van der Waals surface area (Å²) < 4.78 is 6.78. The lowest BCUT2D eigenvalue weighted by Crippen LogP contribution is -2.49. The van der Waals surface area contributed by atoms with Crippen LogP contribution in [0.3, 0.4) is 0 Å². The summed E-state index contributed by atoms with van der Waals surface area (Å²) in [5.74, 6) is -0.812. The SMILES string of the molecule is CC(C)[C@H](NC(=O)C(C)n1cncn1)C(=O)OC(C)(C)C. The number of rotatable bonds is 5. The second-order valence-electron chi connectivity index (χ2n) is 6.32. The molecule has 21 heavy (non-hydrogen) atoms. The van der Waals surface area contributed by atoms with Crippen LogP contribution in [0.5, 0.6) is 0 Å². The Morgan fingerprint density at radius 1 is 1.24 bits per heavy atom. The van der Waals surface area contributed by atoms with Crippen molar-refractivity contribution in [2.45, 2.75) is 59.2 Å². The maximum atomic E-state index is 12.2. The number of ether oxygens (including phenoxy) is 1. The third kappa shape index (κ3) is 5.17. The van der Waals surface area contributed by atoms with E-state index in [-0.39, 0.29) is 11.8 Å². The molecular weight excluding hydrogens is 272 g/mol. The van der Waals surface area contributed by atoms with Gasteiger partial charge in [0.15, 0.2) is 0 Å². The van der Waals surface area contributed by atoms with Crippen molar-refractivity contribution in [3.63, 3.8) is 0 Å². The Balaban J connectivity index is 2.74. The molecule has 1 rings (SSSR count). The Morgan fingerprint density at radius 2 is 1.86 bits per heavy atom. The molecule has 0 aliphatic heterocycles. The van der Waals surface area contributed by atoms with Crippen LogP contribution in [-0.2, 0) is 14.3 Å². The molecule has 0 saturated carbocycles. The number of amides is 1. The van der Waals surface area contributed by atoms with E-state index in [1.807, 2.05) is 13.8 Å². The van der Waals surface area contributed by atoms with Crippen molar-refractivity contribution in [3.05, 3.63) is 12.7 Å². The molecule has 1 aromatic heterocycles. The predicted octanol–water partition coefficient (Wildman–Crippen LogP) is 1.32. The Bertz CT molecular complexity index is 477. The Kier molecular flexibility index (Phi) is 5.46. The highest BCUT2D eigenvalue weighted by Gasteiger charge is 2.30. The number of carbonyl (C=O) groups is 2. The van der Waals surface area contributed by atoms with Gasteiger partial charge in [-0.15, -0.1) is 0 Å². The van der Waals surface area contributed by atoms with E-state index in [2.05, 4.69) is 15.4 Å². The van der Waals surface area contributed by atoms with Gasteiger partial charge in [0.05, 0.1) is 0 Å². The van der Waals surface area contributed by atoms with Crippen LogP contribution in [0, 0.1) is 5.92 Å². The lowest BCUT2D eigenvalue weighted by Gasteiger charge is -2.27. The summed E-state index contributed by atoms with van der Waals surface area (Å²) in [6, 6.07) is -1.24. The van der Waals surface area contributed by atoms with Gasteiger partial charge in [0.2, 0.25) is 5.91 Å². The standard InChI is InChI=1S/C14H24N4O3/c1-9(2)11(13(20)21-14(4,5)6)17-12(19)10(3)18-8-15-7-16-18/h7-11H,1-6H3,(H,17,19)/t10?,11-/m0/s1. The van der Waals surface area contributed by atoms with Crippen LogP contribution in [0.1, 0.15) is 47.6 Å². The van der Waals surface area contributed by atoms with Gasteiger partial charge in [-0.1, -0.05) is 13.8 Å². The van der Waals surface area contributed by atoms with Gasteiger partial charge >= 0.3 is 5.97 Å². The molecule has 7 nitrogen and oxygen atoms in total. The minimum atomic E-state index is -0.692. The zero-order chi connectivity index (χ0) is 16.2. The van der Waals surface area contributed by atoms with Crippen molar-refractivity contribution >= 4 is 11.9 Å². The molecule has 7 heteroatoms. The van der Waals surface area contributed by atoms with Gasteiger partial charge in [-0.25, -0.2) is 14.5 Å². The van der Waals surface area contributed by atoms with Gasteiger partial charge < -0.3 is 10.1 Å². The van der Waals surface area contributed by atoms with Crippen LogP contribution in [0.25, 0.3) is 0 Å². The van der Waals surface area contributed by atoms with E-state index in [1.165, 1.54) is 17.3 Å². The zero-order valence-electron chi connectivity index (χ0n) is 13.5. The van der Waals surface area contributed by atoms with Gasteiger partial charge in [-0.05, 0) is 33.6 Å². The highest BCUT2D eigenvalue weighted by Crippen LogP contribution is 2.13. The average molecular weight is 296 g/mol. The summed E-state index contributed by atoms with van der Waals surface area (Å²) in [7, 11) is 0. The summed E-state index contributed by atoms with van der Waals surface area (Å²) in [5, 5.41) is 6.65. The fraction of sp³-hybridized carbons (Fsp3) is 0.714. The first kappa shape index (κ1) is 17.1. The molecule has 1 heterocycles. The monoisotopic (exact) mass is 296 g/mol. The fourth-order valence-electron chi connectivity index (χ4n) is 1.67. The van der Waals surface area contributed by atoms with E-state index in [4.69, 9.17) is 4.74 Å². The maximum Gasteiger partial charge on any atom is 0.329 e. The molecular formula is C14H24N4O3. The average Bonchev–Trinajstić information content (AvgIpc) is 2.85. The van der Waals surface area contributed by atoms with E-state index in [0.29, 0.717) is 0 Å². The van der Waals surface area contributed by atoms with Crippen molar-refractivity contribution < 1.29 is 14.3 Å². The number of hydrogen-bond donors (Lipinski definition) is 1. The molecule has 2 atom stereocenters. The number of nitrogens with zero attached hydrogens (tertiary/aromatic N) is 3. The van der Waals surface area contributed by atoms with Crippen molar-refractivity contribution in [1.82, 2.24) is 20.1 Å². The third-order valence-corrected chi connectivity index (χ3v) is 2.84. The van der Waals surface area contributed by atoms with Crippen LogP contribution in [-0.4, -0.2) is 38.3 Å². The van der Waals surface area contributed by atoms with E-state index in [1.54, 1.807) is 27.7 Å². The summed E-state index contributed by atoms with van der Waals surface area (Å²) in [6.07, 6.45) is 2.82. The highest BCUT2D eigenvalue weighted by atomic mass is 16.6. The summed E-state index contributed by atoms with van der Waals surface area (Å²) in [5.41, 5.74) is -0.591. The van der Waals surface area contributed by atoms with Gasteiger partial charge in [0, 0.05) is 0 Å². The van der Waals surface area contributed by atoms with Crippen LogP contribution < -0.4 is 5.32 Å². The summed E-state index contributed by atoms with van der Waals surface area (Å²) in [4.78, 5) is 28.2. The molecule has 0 aromatic carbocycles. The van der Waals surface area contributed by atoms with Gasteiger partial charge in [0.1, 0.15) is 30.3 Å². The fourth-order valence-corrected chi connectivity index (χ4v) is 1.67. The van der Waals surface area contributed by atoms with Crippen LogP contribution in [0.2, 0.25) is 0 Å². The molecule has 0 bridgehead atoms. The molecule has 1 unspecified atom stereocenters. The van der Waals surface area contributed by atoms with Crippen molar-refractivity contribution in [2.75, 3.05) is 0 Å². The van der Waals surface area contributed by atoms with E-state index >= 15 is 0 Å². The summed E-state index contributed by atoms with van der Waals surface area (Å²) in [6.45, 7) is 10.8. The molecule has 0 radical (unpaired) electrons. The van der Waals surface area contributed by atoms with E-state index in [0.717, 1.165) is 0 Å². The van der Waals surface area contributed by atoms with Gasteiger partial charge in [0.25, 0.3) is 0 Å². The highest BCUT2D eigenvalue weighted by molar-refractivity contribution is 5.86. The first-order chi connectivity index (χ1) is 9.61. The molecule has 0 aliphatic carbocycles. The van der Waals surface area contributed by atoms with E-state index < -0.39 is 23.7 Å². The first-order valence-electron chi connectivity index (χ1n) is 6.99. The topological polar surface area (TPSA) is 86.1 Å². The normalized spacial score (nSPS) is 14.6. The van der Waals surface area contributed by atoms with Gasteiger partial charge in [-0.3, -0.25) is 4.79 Å². The Hall–Kier alpha value is -1.92. The lowest BCUT2D eigenvalue weighted by molar-refractivity contribution is -0.160. The Labute approximate surface area is 125 Å². The molecule has 1 N–H and O–H groups in total. The van der Waals surface area contributed by atoms with Crippen molar-refractivity contribution in [1.29, 1.82) is 0 Å². The smallest absolute Gasteiger partial charge is 0.329 e. The van der Waals surface area contributed by atoms with E-state index in [9.17, 15) is 9.59 Å². The lowest BCUT2D eigenvalue weighted by atomic mass is 10.0. The largest absolute Gasteiger partial charge is 0.458 e. The molecule has 1 aromatic rings. The predicted molar refractivity (Wildman–Crippen MR) is 77.3 cm³/mol. The van der Waals surface area contributed by atoms with Gasteiger partial charge in [-0.2, -0.15) is 5.10 Å². The molecule has 0 saturated heterocycles. The molecule has 0 spiro atoms. The quantitative estimate of drug-likeness (QED) is 0.828. The number of nitrogens with one attached hydrogen (secondary N) is 1. The van der Waals surface area contributed by atoms with Crippen LogP contribution in [0.4, 0.5) is 0 Å². The molecule has 0 fully saturated rings. The molecule has 0 aliphatic rings. The maximum absolute atomic E-state index is 12.2. The number of hydrogen-bond acceptors (Lipinski definition) is 5. The zero-order valence-corrected chi connectivity index (χ0v) is 13.5. The second-order valence-corrected chi connectivity index (χ2v) is 6.32. The first-order valence-corrected chi connectivity index (χ1v) is 6.99. The second kappa shape index (κ2) is 6.69. The third-order valence-electron chi connectivity index (χ3n) is 2.84. The minimum Gasteiger partial charge on any atom is -0.458 e. The number of carbonyl (C=O) groups excluding carboxylic acids is 2.